The van der Waals surface area contributed by atoms with Crippen molar-refractivity contribution in [2.24, 2.45) is 5.73 Å². The van der Waals surface area contributed by atoms with Gasteiger partial charge in [-0.1, -0.05) is 11.6 Å². The zero-order valence-electron chi connectivity index (χ0n) is 10.7. The Balaban J connectivity index is 1.85. The van der Waals surface area contributed by atoms with E-state index in [-0.39, 0.29) is 24.1 Å². The summed E-state index contributed by atoms with van der Waals surface area (Å²) in [5, 5.41) is 0.547. The summed E-state index contributed by atoms with van der Waals surface area (Å²) in [5.41, 5.74) is 6.47. The number of benzene rings is 1. The van der Waals surface area contributed by atoms with Crippen LogP contribution in [-0.2, 0) is 4.74 Å². The van der Waals surface area contributed by atoms with Gasteiger partial charge in [0.25, 0.3) is 0 Å². The quantitative estimate of drug-likeness (QED) is 0.926. The lowest BCUT2D eigenvalue weighted by molar-refractivity contribution is -0.0525. The van der Waals surface area contributed by atoms with Gasteiger partial charge < -0.3 is 10.5 Å². The van der Waals surface area contributed by atoms with Crippen LogP contribution in [0.5, 0.6) is 0 Å². The van der Waals surface area contributed by atoms with Gasteiger partial charge in [0, 0.05) is 30.2 Å². The highest BCUT2D eigenvalue weighted by Crippen LogP contribution is 2.33. The maximum absolute atomic E-state index is 14.0. The summed E-state index contributed by atoms with van der Waals surface area (Å²) in [7, 11) is 0. The van der Waals surface area contributed by atoms with E-state index in [1.807, 2.05) is 0 Å². The van der Waals surface area contributed by atoms with Gasteiger partial charge in [0.2, 0.25) is 0 Å². The summed E-state index contributed by atoms with van der Waals surface area (Å²) in [5.74, 6) is -0.237. The second-order valence-electron chi connectivity index (χ2n) is 5.33. The third-order valence-electron chi connectivity index (χ3n) is 4.05. The molecule has 2 saturated heterocycles. The van der Waals surface area contributed by atoms with E-state index in [0.717, 1.165) is 25.9 Å². The van der Waals surface area contributed by atoms with E-state index in [2.05, 4.69) is 4.90 Å². The van der Waals surface area contributed by atoms with Crippen molar-refractivity contribution in [3.05, 3.63) is 34.6 Å². The number of nitrogens with two attached hydrogens (primary N) is 1. The molecule has 3 nitrogen and oxygen atoms in total. The summed E-state index contributed by atoms with van der Waals surface area (Å²) in [4.78, 5) is 2.24. The lowest BCUT2D eigenvalue weighted by atomic mass is 10.0. The Morgan fingerprint density at radius 1 is 1.37 bits per heavy atom. The molecule has 0 amide bonds. The molecular weight excluding hydrogens is 267 g/mol. The van der Waals surface area contributed by atoms with Crippen molar-refractivity contribution < 1.29 is 9.13 Å². The molecule has 1 aromatic carbocycles. The van der Waals surface area contributed by atoms with Crippen LogP contribution in [0.15, 0.2) is 18.2 Å². The molecule has 0 spiro atoms. The predicted molar refractivity (Wildman–Crippen MR) is 72.7 cm³/mol. The van der Waals surface area contributed by atoms with Crippen molar-refractivity contribution in [1.82, 2.24) is 4.90 Å². The van der Waals surface area contributed by atoms with Crippen molar-refractivity contribution in [2.45, 2.75) is 31.1 Å². The molecule has 5 heteroatoms. The van der Waals surface area contributed by atoms with Crippen LogP contribution in [-0.4, -0.2) is 36.7 Å². The van der Waals surface area contributed by atoms with E-state index in [4.69, 9.17) is 22.1 Å². The fourth-order valence-electron chi connectivity index (χ4n) is 3.14. The first-order chi connectivity index (χ1) is 9.17. The lowest BCUT2D eigenvalue weighted by Gasteiger charge is -2.37. The number of hydrogen-bond donors (Lipinski definition) is 1. The average molecular weight is 285 g/mol. The van der Waals surface area contributed by atoms with Crippen molar-refractivity contribution in [2.75, 3.05) is 19.6 Å². The largest absolute Gasteiger partial charge is 0.372 e. The SMILES string of the molecule is NCC(c1cc(Cl)ccc1F)N1CC2CCC(C1)O2. The molecule has 2 aliphatic rings. The molecule has 2 heterocycles. The maximum atomic E-state index is 14.0. The molecule has 2 fully saturated rings. The van der Waals surface area contributed by atoms with Gasteiger partial charge in [0.05, 0.1) is 18.2 Å². The van der Waals surface area contributed by atoms with E-state index in [9.17, 15) is 4.39 Å². The summed E-state index contributed by atoms with van der Waals surface area (Å²) in [6, 6.07) is 4.55. The van der Waals surface area contributed by atoms with E-state index in [1.54, 1.807) is 12.1 Å². The van der Waals surface area contributed by atoms with Gasteiger partial charge in [-0.3, -0.25) is 4.90 Å². The number of rotatable bonds is 3. The van der Waals surface area contributed by atoms with Gasteiger partial charge in [-0.2, -0.15) is 0 Å². The topological polar surface area (TPSA) is 38.5 Å². The Hall–Kier alpha value is -0.680. The molecule has 3 atom stereocenters. The molecule has 3 unspecified atom stereocenters. The predicted octanol–water partition coefficient (Wildman–Crippen LogP) is 2.34. The van der Waals surface area contributed by atoms with Crippen molar-refractivity contribution in [3.63, 3.8) is 0 Å². The van der Waals surface area contributed by atoms with Crippen LogP contribution < -0.4 is 5.73 Å². The van der Waals surface area contributed by atoms with Crippen LogP contribution in [0.1, 0.15) is 24.4 Å². The minimum atomic E-state index is -0.237. The highest BCUT2D eigenvalue weighted by atomic mass is 35.5. The van der Waals surface area contributed by atoms with Crippen LogP contribution in [0.25, 0.3) is 0 Å². The highest BCUT2D eigenvalue weighted by molar-refractivity contribution is 6.30. The smallest absolute Gasteiger partial charge is 0.128 e. The summed E-state index contributed by atoms with van der Waals surface area (Å²) < 4.78 is 19.8. The fourth-order valence-corrected chi connectivity index (χ4v) is 3.32. The number of fused-ring (bicyclic) bond motifs is 2. The zero-order chi connectivity index (χ0) is 13.4. The molecule has 19 heavy (non-hydrogen) atoms. The molecule has 2 aliphatic heterocycles. The number of hydrogen-bond acceptors (Lipinski definition) is 3. The van der Waals surface area contributed by atoms with E-state index < -0.39 is 0 Å². The fraction of sp³-hybridized carbons (Fsp3) is 0.571. The Morgan fingerprint density at radius 3 is 2.68 bits per heavy atom. The summed E-state index contributed by atoms with van der Waals surface area (Å²) >= 11 is 5.98. The van der Waals surface area contributed by atoms with Gasteiger partial charge in [0.1, 0.15) is 5.82 Å². The second kappa shape index (κ2) is 5.37. The normalized spacial score (nSPS) is 28.6. The number of ether oxygens (including phenoxy) is 1. The van der Waals surface area contributed by atoms with Gasteiger partial charge >= 0.3 is 0 Å². The Morgan fingerprint density at radius 2 is 2.05 bits per heavy atom. The van der Waals surface area contributed by atoms with Gasteiger partial charge in [0.15, 0.2) is 0 Å². The molecule has 0 saturated carbocycles. The van der Waals surface area contributed by atoms with Crippen LogP contribution in [0.3, 0.4) is 0 Å². The number of halogens is 2. The van der Waals surface area contributed by atoms with Gasteiger partial charge in [-0.15, -0.1) is 0 Å². The van der Waals surface area contributed by atoms with Crippen molar-refractivity contribution in [3.8, 4) is 0 Å². The van der Waals surface area contributed by atoms with Gasteiger partial charge in [-0.25, -0.2) is 4.39 Å². The third-order valence-corrected chi connectivity index (χ3v) is 4.29. The second-order valence-corrected chi connectivity index (χ2v) is 5.77. The Labute approximate surface area is 117 Å². The molecular formula is C14H18ClFN2O. The van der Waals surface area contributed by atoms with E-state index in [1.165, 1.54) is 6.07 Å². The van der Waals surface area contributed by atoms with Crippen LogP contribution in [0.2, 0.25) is 5.02 Å². The Bertz CT molecular complexity index is 459. The zero-order valence-corrected chi connectivity index (χ0v) is 11.4. The standard InChI is InChI=1S/C14H18ClFN2O/c15-9-1-4-13(16)12(5-9)14(6-17)18-7-10-2-3-11(8-18)19-10/h1,4-5,10-11,14H,2-3,6-8,17H2. The molecule has 1 aromatic rings. The van der Waals surface area contributed by atoms with Crippen LogP contribution in [0.4, 0.5) is 4.39 Å². The highest BCUT2D eigenvalue weighted by Gasteiger charge is 2.37. The van der Waals surface area contributed by atoms with Gasteiger partial charge in [-0.05, 0) is 31.0 Å². The van der Waals surface area contributed by atoms with Crippen LogP contribution in [0, 0.1) is 5.82 Å². The molecule has 0 aliphatic carbocycles. The first-order valence-electron chi connectivity index (χ1n) is 6.72. The molecule has 3 rings (SSSR count). The molecule has 104 valence electrons. The number of likely N-dealkylation sites (tertiary alicyclic amines) is 1. The molecule has 0 radical (unpaired) electrons. The summed E-state index contributed by atoms with van der Waals surface area (Å²) in [6.45, 7) is 2.03. The Kier molecular flexibility index (Phi) is 3.76. The first-order valence-corrected chi connectivity index (χ1v) is 7.09. The van der Waals surface area contributed by atoms with Crippen molar-refractivity contribution >= 4 is 11.6 Å². The van der Waals surface area contributed by atoms with E-state index >= 15 is 0 Å². The molecule has 0 aromatic heterocycles. The lowest BCUT2D eigenvalue weighted by Crippen LogP contribution is -2.46. The van der Waals surface area contributed by atoms with Crippen molar-refractivity contribution in [1.29, 1.82) is 0 Å². The number of morpholine rings is 1. The van der Waals surface area contributed by atoms with Crippen LogP contribution >= 0.6 is 11.6 Å². The minimum absolute atomic E-state index is 0.120. The number of nitrogens with zero attached hydrogens (tertiary/aromatic N) is 1. The maximum Gasteiger partial charge on any atom is 0.128 e. The molecule has 2 bridgehead atoms. The van der Waals surface area contributed by atoms with E-state index in [0.29, 0.717) is 17.1 Å². The summed E-state index contributed by atoms with van der Waals surface area (Å²) in [6.07, 6.45) is 2.73. The molecule has 2 N–H and O–H groups in total. The average Bonchev–Trinajstić information content (AvgIpc) is 2.74. The monoisotopic (exact) mass is 284 g/mol. The minimum Gasteiger partial charge on any atom is -0.372 e. The first kappa shape index (κ1) is 13.3. The third kappa shape index (κ3) is 2.63.